The first kappa shape index (κ1) is 12.3. The zero-order chi connectivity index (χ0) is 11.4. The number of benzene rings is 1. The van der Waals surface area contributed by atoms with E-state index in [4.69, 9.17) is 11.6 Å². The fraction of sp³-hybridized carbons (Fsp3) is 0.385. The third-order valence-electron chi connectivity index (χ3n) is 2.71. The lowest BCUT2D eigenvalue weighted by Crippen LogP contribution is -2.21. The number of halogens is 1. The molecule has 0 bridgehead atoms. The summed E-state index contributed by atoms with van der Waals surface area (Å²) < 4.78 is 0. The molecule has 0 saturated carbocycles. The molecule has 1 aromatic rings. The summed E-state index contributed by atoms with van der Waals surface area (Å²) in [6.45, 7) is 6.27. The van der Waals surface area contributed by atoms with Crippen molar-refractivity contribution < 1.29 is 0 Å². The average Bonchev–Trinajstić information content (AvgIpc) is 2.22. The van der Waals surface area contributed by atoms with Crippen LogP contribution in [-0.2, 0) is 0 Å². The zero-order valence-electron chi connectivity index (χ0n) is 9.76. The Labute approximate surface area is 97.1 Å². The van der Waals surface area contributed by atoms with Gasteiger partial charge in [-0.1, -0.05) is 35.4 Å². The van der Waals surface area contributed by atoms with E-state index in [0.29, 0.717) is 6.04 Å². The van der Waals surface area contributed by atoms with E-state index in [1.54, 1.807) is 0 Å². The highest BCUT2D eigenvalue weighted by molar-refractivity contribution is 6.31. The zero-order valence-corrected chi connectivity index (χ0v) is 10.5. The quantitative estimate of drug-likeness (QED) is 0.825. The van der Waals surface area contributed by atoms with Crippen molar-refractivity contribution in [1.82, 2.24) is 5.32 Å². The minimum absolute atomic E-state index is 0.394. The summed E-state index contributed by atoms with van der Waals surface area (Å²) in [6.07, 6.45) is 2.16. The van der Waals surface area contributed by atoms with Crippen molar-refractivity contribution in [2.75, 3.05) is 7.05 Å². The van der Waals surface area contributed by atoms with Gasteiger partial charge in [0.2, 0.25) is 0 Å². The molecule has 0 aliphatic rings. The number of likely N-dealkylation sites (N-methyl/N-ethyl adjacent to an activating group) is 1. The van der Waals surface area contributed by atoms with Crippen molar-refractivity contribution >= 4 is 17.7 Å². The van der Waals surface area contributed by atoms with E-state index in [2.05, 4.69) is 31.3 Å². The maximum Gasteiger partial charge on any atom is 0.0441 e. The lowest BCUT2D eigenvalue weighted by molar-refractivity contribution is 0.696. The fourth-order valence-electron chi connectivity index (χ4n) is 1.31. The number of hydrogen-bond acceptors (Lipinski definition) is 1. The van der Waals surface area contributed by atoms with Gasteiger partial charge in [-0.15, -0.1) is 0 Å². The van der Waals surface area contributed by atoms with E-state index in [-0.39, 0.29) is 0 Å². The van der Waals surface area contributed by atoms with Gasteiger partial charge in [-0.05, 0) is 45.0 Å². The molecule has 1 nitrogen and oxygen atoms in total. The summed E-state index contributed by atoms with van der Waals surface area (Å²) >= 11 is 6.07. The van der Waals surface area contributed by atoms with Crippen LogP contribution in [0.4, 0.5) is 0 Å². The molecule has 82 valence electrons. The molecule has 0 spiro atoms. The van der Waals surface area contributed by atoms with Crippen LogP contribution >= 0.6 is 11.6 Å². The van der Waals surface area contributed by atoms with Crippen LogP contribution in [0.1, 0.15) is 25.0 Å². The highest BCUT2D eigenvalue weighted by atomic mass is 35.5. The Morgan fingerprint density at radius 2 is 2.13 bits per heavy atom. The molecular weight excluding hydrogens is 206 g/mol. The largest absolute Gasteiger partial charge is 0.314 e. The van der Waals surface area contributed by atoms with Gasteiger partial charge in [0, 0.05) is 11.1 Å². The van der Waals surface area contributed by atoms with Crippen LogP contribution in [0.25, 0.3) is 6.08 Å². The summed E-state index contributed by atoms with van der Waals surface area (Å²) in [5.41, 5.74) is 3.58. The standard InChI is InChI=1S/C13H18ClN/c1-9-5-6-12(8-13(9)14)7-10(2)11(3)15-4/h5-8,11,15H,1-4H3/b10-7+. The first-order valence-electron chi connectivity index (χ1n) is 5.16. The first-order chi connectivity index (χ1) is 7.04. The van der Waals surface area contributed by atoms with Crippen molar-refractivity contribution in [3.8, 4) is 0 Å². The Morgan fingerprint density at radius 3 is 2.67 bits per heavy atom. The summed E-state index contributed by atoms with van der Waals surface area (Å²) in [7, 11) is 1.96. The van der Waals surface area contributed by atoms with Crippen molar-refractivity contribution in [1.29, 1.82) is 0 Å². The number of aryl methyl sites for hydroxylation is 1. The summed E-state index contributed by atoms with van der Waals surface area (Å²) in [5.74, 6) is 0. The molecule has 0 aromatic heterocycles. The monoisotopic (exact) mass is 223 g/mol. The Kier molecular flexibility index (Phi) is 4.37. The molecule has 0 amide bonds. The first-order valence-corrected chi connectivity index (χ1v) is 5.54. The van der Waals surface area contributed by atoms with Crippen molar-refractivity contribution in [2.24, 2.45) is 0 Å². The molecule has 1 rings (SSSR count). The van der Waals surface area contributed by atoms with Gasteiger partial charge in [-0.3, -0.25) is 0 Å². The predicted molar refractivity (Wildman–Crippen MR) is 68.4 cm³/mol. The van der Waals surface area contributed by atoms with Crippen LogP contribution in [0, 0.1) is 6.92 Å². The Balaban J connectivity index is 2.93. The third kappa shape index (κ3) is 3.37. The SMILES string of the molecule is CNC(C)/C(C)=C/c1ccc(C)c(Cl)c1. The highest BCUT2D eigenvalue weighted by Crippen LogP contribution is 2.19. The van der Waals surface area contributed by atoms with Crippen LogP contribution in [0.15, 0.2) is 23.8 Å². The lowest BCUT2D eigenvalue weighted by atomic mass is 10.1. The van der Waals surface area contributed by atoms with E-state index in [1.165, 1.54) is 5.57 Å². The minimum Gasteiger partial charge on any atom is -0.314 e. The third-order valence-corrected chi connectivity index (χ3v) is 3.11. The molecule has 0 aliphatic heterocycles. The van der Waals surface area contributed by atoms with Crippen molar-refractivity contribution in [3.63, 3.8) is 0 Å². The Morgan fingerprint density at radius 1 is 1.47 bits per heavy atom. The minimum atomic E-state index is 0.394. The molecule has 1 N–H and O–H groups in total. The van der Waals surface area contributed by atoms with E-state index < -0.39 is 0 Å². The summed E-state index contributed by atoms with van der Waals surface area (Å²) in [5, 5.41) is 4.04. The van der Waals surface area contributed by atoms with Crippen molar-refractivity contribution in [2.45, 2.75) is 26.8 Å². The molecule has 0 radical (unpaired) electrons. The van der Waals surface area contributed by atoms with E-state index >= 15 is 0 Å². The average molecular weight is 224 g/mol. The van der Waals surface area contributed by atoms with E-state index in [1.807, 2.05) is 26.1 Å². The molecule has 0 saturated heterocycles. The van der Waals surface area contributed by atoms with Crippen LogP contribution < -0.4 is 5.32 Å². The molecule has 0 aliphatic carbocycles. The lowest BCUT2D eigenvalue weighted by Gasteiger charge is -2.10. The van der Waals surface area contributed by atoms with Crippen LogP contribution in [0.5, 0.6) is 0 Å². The second kappa shape index (κ2) is 5.34. The molecule has 1 aromatic carbocycles. The number of rotatable bonds is 3. The molecular formula is C13H18ClN. The summed E-state index contributed by atoms with van der Waals surface area (Å²) in [6, 6.07) is 6.53. The van der Waals surface area contributed by atoms with Gasteiger partial charge in [0.1, 0.15) is 0 Å². The topological polar surface area (TPSA) is 12.0 Å². The molecule has 2 heteroatoms. The molecule has 1 unspecified atom stereocenters. The Bertz CT molecular complexity index is 369. The normalized spacial score (nSPS) is 14.1. The van der Waals surface area contributed by atoms with Gasteiger partial charge in [-0.2, -0.15) is 0 Å². The highest BCUT2D eigenvalue weighted by Gasteiger charge is 2.01. The molecule has 0 fully saturated rings. The molecule has 15 heavy (non-hydrogen) atoms. The molecule has 1 atom stereocenters. The van der Waals surface area contributed by atoms with Crippen LogP contribution in [0.3, 0.4) is 0 Å². The second-order valence-corrected chi connectivity index (χ2v) is 4.31. The van der Waals surface area contributed by atoms with Gasteiger partial charge in [0.25, 0.3) is 0 Å². The van der Waals surface area contributed by atoms with Gasteiger partial charge >= 0.3 is 0 Å². The fourth-order valence-corrected chi connectivity index (χ4v) is 1.50. The maximum absolute atomic E-state index is 6.07. The van der Waals surface area contributed by atoms with Gasteiger partial charge in [-0.25, -0.2) is 0 Å². The van der Waals surface area contributed by atoms with Gasteiger partial charge in [0.05, 0.1) is 0 Å². The maximum atomic E-state index is 6.07. The van der Waals surface area contributed by atoms with Crippen molar-refractivity contribution in [3.05, 3.63) is 39.9 Å². The smallest absolute Gasteiger partial charge is 0.0441 e. The van der Waals surface area contributed by atoms with Gasteiger partial charge < -0.3 is 5.32 Å². The van der Waals surface area contributed by atoms with Crippen LogP contribution in [0.2, 0.25) is 5.02 Å². The van der Waals surface area contributed by atoms with Gasteiger partial charge in [0.15, 0.2) is 0 Å². The Hall–Kier alpha value is -0.790. The number of nitrogens with one attached hydrogen (secondary N) is 1. The van der Waals surface area contributed by atoms with E-state index in [0.717, 1.165) is 16.1 Å². The second-order valence-electron chi connectivity index (χ2n) is 3.91. The summed E-state index contributed by atoms with van der Waals surface area (Å²) in [4.78, 5) is 0. The molecule has 0 heterocycles. The predicted octanol–water partition coefficient (Wildman–Crippen LogP) is 3.66. The van der Waals surface area contributed by atoms with Crippen LogP contribution in [-0.4, -0.2) is 13.1 Å². The number of hydrogen-bond donors (Lipinski definition) is 1. The van der Waals surface area contributed by atoms with E-state index in [9.17, 15) is 0 Å².